The summed E-state index contributed by atoms with van der Waals surface area (Å²) in [6, 6.07) is 4.86. The molecule has 0 saturated heterocycles. The summed E-state index contributed by atoms with van der Waals surface area (Å²) in [6.07, 6.45) is -0.196. The molecule has 0 aliphatic carbocycles. The monoisotopic (exact) mass is 302 g/mol. The molecule has 1 atom stereocenters. The van der Waals surface area contributed by atoms with E-state index in [9.17, 15) is 8.42 Å². The van der Waals surface area contributed by atoms with E-state index in [0.717, 1.165) is 5.56 Å². The minimum atomic E-state index is -3.66. The van der Waals surface area contributed by atoms with Crippen LogP contribution in [0.3, 0.4) is 0 Å². The van der Waals surface area contributed by atoms with Gasteiger partial charge in [0.25, 0.3) is 0 Å². The number of hydrogen-bond donors (Lipinski definition) is 2. The Balaban J connectivity index is 2.96. The second-order valence-electron chi connectivity index (χ2n) is 4.31. The van der Waals surface area contributed by atoms with Gasteiger partial charge in [0.1, 0.15) is 10.6 Å². The van der Waals surface area contributed by atoms with E-state index in [0.29, 0.717) is 12.4 Å². The van der Waals surface area contributed by atoms with E-state index in [1.807, 2.05) is 6.92 Å². The number of benzene rings is 1. The Hall–Kier alpha value is -1.15. The molecule has 7 heteroatoms. The standard InChI is InChI=1S/C13H22N2O4S/c1-4-19-10(2)9-15-20(16,17)13-7-11(8-14)5-6-12(13)18-3/h5-7,10,15H,4,8-9,14H2,1-3H3. The molecule has 0 aromatic heterocycles. The van der Waals surface area contributed by atoms with Gasteiger partial charge in [-0.3, -0.25) is 0 Å². The summed E-state index contributed by atoms with van der Waals surface area (Å²) in [6.45, 7) is 4.67. The highest BCUT2D eigenvalue weighted by atomic mass is 32.2. The molecule has 3 N–H and O–H groups in total. The molecule has 6 nitrogen and oxygen atoms in total. The van der Waals surface area contributed by atoms with Gasteiger partial charge >= 0.3 is 0 Å². The Bertz CT molecular complexity index is 531. The summed E-state index contributed by atoms with van der Waals surface area (Å²) in [5.41, 5.74) is 6.27. The predicted molar refractivity (Wildman–Crippen MR) is 77.2 cm³/mol. The van der Waals surface area contributed by atoms with E-state index in [1.165, 1.54) is 13.2 Å². The zero-order valence-electron chi connectivity index (χ0n) is 12.0. The van der Waals surface area contributed by atoms with Crippen molar-refractivity contribution in [3.63, 3.8) is 0 Å². The summed E-state index contributed by atoms with van der Waals surface area (Å²) in [7, 11) is -2.23. The normalized spacial score (nSPS) is 13.2. The van der Waals surface area contributed by atoms with Gasteiger partial charge < -0.3 is 15.2 Å². The number of nitrogens with two attached hydrogens (primary N) is 1. The van der Waals surface area contributed by atoms with Crippen LogP contribution < -0.4 is 15.2 Å². The molecule has 0 aliphatic rings. The van der Waals surface area contributed by atoms with Crippen LogP contribution in [-0.4, -0.2) is 34.8 Å². The van der Waals surface area contributed by atoms with Crippen molar-refractivity contribution < 1.29 is 17.9 Å². The highest BCUT2D eigenvalue weighted by Gasteiger charge is 2.20. The van der Waals surface area contributed by atoms with Gasteiger partial charge in [-0.1, -0.05) is 6.07 Å². The first kappa shape index (κ1) is 16.9. The van der Waals surface area contributed by atoms with Gasteiger partial charge in [-0.15, -0.1) is 0 Å². The Morgan fingerprint density at radius 1 is 1.40 bits per heavy atom. The fourth-order valence-corrected chi connectivity index (χ4v) is 3.04. The van der Waals surface area contributed by atoms with Crippen LogP contribution in [0.2, 0.25) is 0 Å². The van der Waals surface area contributed by atoms with E-state index >= 15 is 0 Å². The lowest BCUT2D eigenvalue weighted by atomic mass is 10.2. The van der Waals surface area contributed by atoms with Crippen LogP contribution in [0.15, 0.2) is 23.1 Å². The van der Waals surface area contributed by atoms with E-state index in [-0.39, 0.29) is 24.1 Å². The van der Waals surface area contributed by atoms with Gasteiger partial charge in [-0.2, -0.15) is 0 Å². The smallest absolute Gasteiger partial charge is 0.244 e. The maximum atomic E-state index is 12.3. The summed E-state index contributed by atoms with van der Waals surface area (Å²) >= 11 is 0. The molecule has 114 valence electrons. The number of rotatable bonds is 8. The zero-order chi connectivity index (χ0) is 15.2. The van der Waals surface area contributed by atoms with Gasteiger partial charge in [0.2, 0.25) is 10.0 Å². The van der Waals surface area contributed by atoms with Gasteiger partial charge in [-0.25, -0.2) is 13.1 Å². The molecule has 1 aromatic rings. The maximum absolute atomic E-state index is 12.3. The predicted octanol–water partition coefficient (Wildman–Crippen LogP) is 0.857. The number of methoxy groups -OCH3 is 1. The van der Waals surface area contributed by atoms with Crippen molar-refractivity contribution in [2.24, 2.45) is 5.73 Å². The van der Waals surface area contributed by atoms with Crippen LogP contribution in [0.4, 0.5) is 0 Å². The highest BCUT2D eigenvalue weighted by Crippen LogP contribution is 2.24. The quantitative estimate of drug-likeness (QED) is 0.743. The number of nitrogens with one attached hydrogen (secondary N) is 1. The van der Waals surface area contributed by atoms with Crippen molar-refractivity contribution in [2.45, 2.75) is 31.4 Å². The van der Waals surface area contributed by atoms with Crippen LogP contribution in [0.1, 0.15) is 19.4 Å². The second kappa shape index (κ2) is 7.58. The van der Waals surface area contributed by atoms with Gasteiger partial charge in [0.05, 0.1) is 13.2 Å². The van der Waals surface area contributed by atoms with E-state index in [2.05, 4.69) is 4.72 Å². The molecule has 20 heavy (non-hydrogen) atoms. The Labute approximate surface area is 120 Å². The first-order chi connectivity index (χ1) is 9.44. The van der Waals surface area contributed by atoms with Crippen LogP contribution in [0, 0.1) is 0 Å². The third kappa shape index (κ3) is 4.45. The fraction of sp³-hybridized carbons (Fsp3) is 0.538. The molecule has 1 rings (SSSR count). The molecule has 0 spiro atoms. The average Bonchev–Trinajstić information content (AvgIpc) is 2.45. The molecule has 1 aromatic carbocycles. The summed E-state index contributed by atoms with van der Waals surface area (Å²) in [5, 5.41) is 0. The van der Waals surface area contributed by atoms with Gasteiger partial charge in [0, 0.05) is 19.7 Å². The molecule has 0 bridgehead atoms. The number of sulfonamides is 1. The Morgan fingerprint density at radius 2 is 2.10 bits per heavy atom. The molecule has 1 unspecified atom stereocenters. The highest BCUT2D eigenvalue weighted by molar-refractivity contribution is 7.89. The minimum Gasteiger partial charge on any atom is -0.495 e. The second-order valence-corrected chi connectivity index (χ2v) is 6.04. The molecule has 0 fully saturated rings. The minimum absolute atomic E-state index is 0.0895. The molecule has 0 saturated carbocycles. The van der Waals surface area contributed by atoms with Crippen molar-refractivity contribution in [3.05, 3.63) is 23.8 Å². The summed E-state index contributed by atoms with van der Waals surface area (Å²) in [4.78, 5) is 0.0895. The van der Waals surface area contributed by atoms with Crippen LogP contribution in [-0.2, 0) is 21.3 Å². The molecule has 0 radical (unpaired) electrons. The van der Waals surface area contributed by atoms with Gasteiger partial charge in [0.15, 0.2) is 0 Å². The van der Waals surface area contributed by atoms with Crippen molar-refractivity contribution in [1.82, 2.24) is 4.72 Å². The van der Waals surface area contributed by atoms with E-state index in [4.69, 9.17) is 15.2 Å². The van der Waals surface area contributed by atoms with E-state index in [1.54, 1.807) is 19.1 Å². The summed E-state index contributed by atoms with van der Waals surface area (Å²) in [5.74, 6) is 0.291. The van der Waals surface area contributed by atoms with Crippen LogP contribution in [0.5, 0.6) is 5.75 Å². The van der Waals surface area contributed by atoms with Gasteiger partial charge in [-0.05, 0) is 31.5 Å². The van der Waals surface area contributed by atoms with Crippen molar-refractivity contribution >= 4 is 10.0 Å². The third-order valence-corrected chi connectivity index (χ3v) is 4.21. The lowest BCUT2D eigenvalue weighted by Crippen LogP contribution is -2.32. The van der Waals surface area contributed by atoms with E-state index < -0.39 is 10.0 Å². The van der Waals surface area contributed by atoms with Crippen molar-refractivity contribution in [1.29, 1.82) is 0 Å². The topological polar surface area (TPSA) is 90.7 Å². The lowest BCUT2D eigenvalue weighted by molar-refractivity contribution is 0.0799. The van der Waals surface area contributed by atoms with Crippen molar-refractivity contribution in [2.75, 3.05) is 20.3 Å². The zero-order valence-corrected chi connectivity index (χ0v) is 12.9. The Morgan fingerprint density at radius 3 is 2.65 bits per heavy atom. The van der Waals surface area contributed by atoms with Crippen LogP contribution in [0.25, 0.3) is 0 Å². The average molecular weight is 302 g/mol. The molecular formula is C13H22N2O4S. The molecule has 0 amide bonds. The largest absolute Gasteiger partial charge is 0.495 e. The lowest BCUT2D eigenvalue weighted by Gasteiger charge is -2.15. The third-order valence-electron chi connectivity index (χ3n) is 2.77. The molecule has 0 aliphatic heterocycles. The van der Waals surface area contributed by atoms with Crippen molar-refractivity contribution in [3.8, 4) is 5.75 Å². The first-order valence-electron chi connectivity index (χ1n) is 6.42. The number of ether oxygens (including phenoxy) is 2. The summed E-state index contributed by atoms with van der Waals surface area (Å²) < 4.78 is 37.5. The molecular weight excluding hydrogens is 280 g/mol. The Kier molecular flexibility index (Phi) is 6.41. The number of hydrogen-bond acceptors (Lipinski definition) is 5. The first-order valence-corrected chi connectivity index (χ1v) is 7.91. The fourth-order valence-electron chi connectivity index (χ4n) is 1.71. The maximum Gasteiger partial charge on any atom is 0.244 e. The molecule has 0 heterocycles. The van der Waals surface area contributed by atoms with Crippen LogP contribution >= 0.6 is 0 Å². The SMILES string of the molecule is CCOC(C)CNS(=O)(=O)c1cc(CN)ccc1OC.